The molecule has 3 heteroatoms. The summed E-state index contributed by atoms with van der Waals surface area (Å²) in [6.07, 6.45) is 5.38. The van der Waals surface area contributed by atoms with Gasteiger partial charge in [0.15, 0.2) is 0 Å². The number of fused-ring (bicyclic) bond motifs is 1. The highest BCUT2D eigenvalue weighted by Gasteiger charge is 2.49. The number of nitrogens with two attached hydrogens (primary N) is 1. The van der Waals surface area contributed by atoms with Gasteiger partial charge in [-0.3, -0.25) is 9.80 Å². The molecule has 2 heterocycles. The van der Waals surface area contributed by atoms with E-state index in [2.05, 4.69) is 30.7 Å². The van der Waals surface area contributed by atoms with Gasteiger partial charge in [0.1, 0.15) is 0 Å². The molecule has 2 rings (SSSR count). The van der Waals surface area contributed by atoms with Crippen LogP contribution in [0.4, 0.5) is 0 Å². The van der Waals surface area contributed by atoms with Crippen LogP contribution in [0.3, 0.4) is 0 Å². The summed E-state index contributed by atoms with van der Waals surface area (Å²) in [7, 11) is 2.28. The van der Waals surface area contributed by atoms with Crippen molar-refractivity contribution in [2.75, 3.05) is 33.2 Å². The molecule has 2 atom stereocenters. The first kappa shape index (κ1) is 13.3. The highest BCUT2D eigenvalue weighted by Crippen LogP contribution is 2.38. The van der Waals surface area contributed by atoms with Gasteiger partial charge in [-0.1, -0.05) is 20.3 Å². The SMILES string of the molecule is CC(C)CN(C)C1(CN)CCN2CCCCC21. The minimum atomic E-state index is 0.255. The van der Waals surface area contributed by atoms with Crippen LogP contribution in [0.25, 0.3) is 0 Å². The second-order valence-corrected chi connectivity index (χ2v) is 6.38. The lowest BCUT2D eigenvalue weighted by molar-refractivity contribution is 0.0489. The molecule has 0 aromatic carbocycles. The average molecular weight is 239 g/mol. The highest BCUT2D eigenvalue weighted by atomic mass is 15.3. The number of rotatable bonds is 4. The zero-order valence-corrected chi connectivity index (χ0v) is 11.8. The Hall–Kier alpha value is -0.120. The molecule has 2 N–H and O–H groups in total. The predicted octanol–water partition coefficient (Wildman–Crippen LogP) is 1.53. The molecule has 0 aliphatic carbocycles. The molecular weight excluding hydrogens is 210 g/mol. The van der Waals surface area contributed by atoms with Gasteiger partial charge in [-0.15, -0.1) is 0 Å². The van der Waals surface area contributed by atoms with E-state index < -0.39 is 0 Å². The second-order valence-electron chi connectivity index (χ2n) is 6.38. The normalized spacial score (nSPS) is 34.6. The van der Waals surface area contributed by atoms with E-state index >= 15 is 0 Å². The van der Waals surface area contributed by atoms with Crippen molar-refractivity contribution >= 4 is 0 Å². The molecule has 0 aromatic heterocycles. The largest absolute Gasteiger partial charge is 0.329 e. The third-order valence-electron chi connectivity index (χ3n) is 4.82. The maximum absolute atomic E-state index is 6.18. The summed E-state index contributed by atoms with van der Waals surface area (Å²) >= 11 is 0. The molecule has 100 valence electrons. The molecule has 2 saturated heterocycles. The Morgan fingerprint density at radius 1 is 1.35 bits per heavy atom. The topological polar surface area (TPSA) is 32.5 Å². The third kappa shape index (κ3) is 2.38. The van der Waals surface area contributed by atoms with Crippen molar-refractivity contribution in [3.63, 3.8) is 0 Å². The van der Waals surface area contributed by atoms with Crippen molar-refractivity contribution in [3.05, 3.63) is 0 Å². The summed E-state index contributed by atoms with van der Waals surface area (Å²) in [5.74, 6) is 0.723. The summed E-state index contributed by atoms with van der Waals surface area (Å²) in [6.45, 7) is 9.13. The van der Waals surface area contributed by atoms with E-state index in [0.717, 1.165) is 12.5 Å². The molecule has 17 heavy (non-hydrogen) atoms. The van der Waals surface area contributed by atoms with Crippen molar-refractivity contribution < 1.29 is 0 Å². The summed E-state index contributed by atoms with van der Waals surface area (Å²) in [4.78, 5) is 5.25. The Kier molecular flexibility index (Phi) is 4.11. The fourth-order valence-electron chi connectivity index (χ4n) is 3.94. The minimum Gasteiger partial charge on any atom is -0.329 e. The van der Waals surface area contributed by atoms with Gasteiger partial charge in [-0.2, -0.15) is 0 Å². The molecule has 0 spiro atoms. The number of nitrogens with zero attached hydrogens (tertiary/aromatic N) is 2. The van der Waals surface area contributed by atoms with Gasteiger partial charge >= 0.3 is 0 Å². The molecule has 2 aliphatic rings. The zero-order valence-electron chi connectivity index (χ0n) is 11.8. The number of hydrogen-bond acceptors (Lipinski definition) is 3. The lowest BCUT2D eigenvalue weighted by Gasteiger charge is -2.46. The fourth-order valence-corrected chi connectivity index (χ4v) is 3.94. The van der Waals surface area contributed by atoms with Gasteiger partial charge in [0.05, 0.1) is 0 Å². The molecule has 2 unspecified atom stereocenters. The minimum absolute atomic E-state index is 0.255. The van der Waals surface area contributed by atoms with Crippen molar-refractivity contribution in [2.45, 2.75) is 51.1 Å². The van der Waals surface area contributed by atoms with Crippen LogP contribution in [-0.4, -0.2) is 54.6 Å². The summed E-state index contributed by atoms with van der Waals surface area (Å²) in [6, 6.07) is 0.713. The number of piperidine rings is 1. The van der Waals surface area contributed by atoms with Crippen LogP contribution in [0.15, 0.2) is 0 Å². The molecular formula is C14H29N3. The lowest BCUT2D eigenvalue weighted by atomic mass is 9.83. The van der Waals surface area contributed by atoms with E-state index in [1.807, 2.05) is 0 Å². The van der Waals surface area contributed by atoms with E-state index in [-0.39, 0.29) is 5.54 Å². The van der Waals surface area contributed by atoms with Crippen molar-refractivity contribution in [3.8, 4) is 0 Å². The predicted molar refractivity (Wildman–Crippen MR) is 73.1 cm³/mol. The summed E-state index contributed by atoms with van der Waals surface area (Å²) in [5, 5.41) is 0. The first-order valence-corrected chi connectivity index (χ1v) is 7.25. The molecule has 0 radical (unpaired) electrons. The van der Waals surface area contributed by atoms with E-state index in [9.17, 15) is 0 Å². The van der Waals surface area contributed by atoms with Gasteiger partial charge in [0.2, 0.25) is 0 Å². The monoisotopic (exact) mass is 239 g/mol. The average Bonchev–Trinajstić information content (AvgIpc) is 2.68. The highest BCUT2D eigenvalue weighted by molar-refractivity contribution is 5.08. The second kappa shape index (κ2) is 5.25. The summed E-state index contributed by atoms with van der Waals surface area (Å²) in [5.41, 5.74) is 6.44. The van der Waals surface area contributed by atoms with Crippen LogP contribution < -0.4 is 5.73 Å². The Bertz CT molecular complexity index is 254. The number of hydrogen-bond donors (Lipinski definition) is 1. The number of likely N-dealkylation sites (N-methyl/N-ethyl adjacent to an activating group) is 1. The Morgan fingerprint density at radius 2 is 2.12 bits per heavy atom. The molecule has 2 aliphatic heterocycles. The zero-order chi connectivity index (χ0) is 12.5. The fraction of sp³-hybridized carbons (Fsp3) is 1.00. The first-order valence-electron chi connectivity index (χ1n) is 7.25. The van der Waals surface area contributed by atoms with E-state index in [4.69, 9.17) is 5.73 Å². The molecule has 0 aromatic rings. The van der Waals surface area contributed by atoms with E-state index in [1.165, 1.54) is 45.3 Å². The molecule has 0 saturated carbocycles. The molecule has 3 nitrogen and oxygen atoms in total. The smallest absolute Gasteiger partial charge is 0.0496 e. The Labute approximate surface area is 106 Å². The van der Waals surface area contributed by atoms with Gasteiger partial charge in [0, 0.05) is 31.2 Å². The Balaban J connectivity index is 2.13. The third-order valence-corrected chi connectivity index (χ3v) is 4.82. The quantitative estimate of drug-likeness (QED) is 0.807. The molecule has 2 fully saturated rings. The lowest BCUT2D eigenvalue weighted by Crippen LogP contribution is -2.61. The van der Waals surface area contributed by atoms with Crippen LogP contribution in [0.2, 0.25) is 0 Å². The van der Waals surface area contributed by atoms with E-state index in [0.29, 0.717) is 6.04 Å². The van der Waals surface area contributed by atoms with Crippen LogP contribution in [0.1, 0.15) is 39.5 Å². The van der Waals surface area contributed by atoms with Crippen LogP contribution >= 0.6 is 0 Å². The van der Waals surface area contributed by atoms with Gasteiger partial charge in [-0.05, 0) is 38.8 Å². The van der Waals surface area contributed by atoms with Gasteiger partial charge in [0.25, 0.3) is 0 Å². The van der Waals surface area contributed by atoms with Crippen LogP contribution in [0.5, 0.6) is 0 Å². The van der Waals surface area contributed by atoms with E-state index in [1.54, 1.807) is 0 Å². The maximum Gasteiger partial charge on any atom is 0.0496 e. The Morgan fingerprint density at radius 3 is 2.76 bits per heavy atom. The van der Waals surface area contributed by atoms with Crippen molar-refractivity contribution in [2.24, 2.45) is 11.7 Å². The molecule has 0 amide bonds. The molecule has 0 bridgehead atoms. The van der Waals surface area contributed by atoms with Crippen molar-refractivity contribution in [1.82, 2.24) is 9.80 Å². The maximum atomic E-state index is 6.18. The van der Waals surface area contributed by atoms with Crippen molar-refractivity contribution in [1.29, 1.82) is 0 Å². The summed E-state index contributed by atoms with van der Waals surface area (Å²) < 4.78 is 0. The van der Waals surface area contributed by atoms with Crippen LogP contribution in [-0.2, 0) is 0 Å². The van der Waals surface area contributed by atoms with Gasteiger partial charge in [-0.25, -0.2) is 0 Å². The first-order chi connectivity index (χ1) is 8.10. The standard InChI is InChI=1S/C14H29N3/c1-12(2)10-16(3)14(11-15)7-9-17-8-5-4-6-13(14)17/h12-13H,4-11,15H2,1-3H3. The van der Waals surface area contributed by atoms with Gasteiger partial charge < -0.3 is 5.73 Å². The van der Waals surface area contributed by atoms with Crippen LogP contribution in [0, 0.1) is 5.92 Å².